The molecule has 0 N–H and O–H groups in total. The summed E-state index contributed by atoms with van der Waals surface area (Å²) in [7, 11) is 0.447. The van der Waals surface area contributed by atoms with Gasteiger partial charge in [-0.05, 0) is 72.1 Å². The van der Waals surface area contributed by atoms with E-state index in [1.165, 1.54) is 5.56 Å². The van der Waals surface area contributed by atoms with Crippen LogP contribution in [0.5, 0.6) is 5.75 Å². The Morgan fingerprint density at radius 3 is 1.91 bits per heavy atom. The van der Waals surface area contributed by atoms with E-state index >= 15 is 0 Å². The van der Waals surface area contributed by atoms with Gasteiger partial charge in [-0.3, -0.25) is 4.99 Å². The summed E-state index contributed by atoms with van der Waals surface area (Å²) in [4.78, 5) is 36.6. The molecule has 0 spiro atoms. The Labute approximate surface area is 386 Å². The van der Waals surface area contributed by atoms with Crippen LogP contribution in [0, 0.1) is 0 Å². The first-order chi connectivity index (χ1) is 32.2. The van der Waals surface area contributed by atoms with Gasteiger partial charge in [0.2, 0.25) is 0 Å². The number of ether oxygens (including phenoxy) is 4. The molecule has 2 saturated heterocycles. The van der Waals surface area contributed by atoms with E-state index in [4.69, 9.17) is 29.0 Å². The molecule has 0 saturated carbocycles. The lowest BCUT2D eigenvalue weighted by atomic mass is 9.98. The predicted molar refractivity (Wildman–Crippen MR) is 261 cm³/mol. The van der Waals surface area contributed by atoms with Crippen molar-refractivity contribution >= 4 is 36.3 Å². The highest BCUT2D eigenvalue weighted by molar-refractivity contribution is 6.76. The number of morpholine rings is 2. The van der Waals surface area contributed by atoms with Crippen molar-refractivity contribution in [3.63, 3.8) is 0 Å². The van der Waals surface area contributed by atoms with Crippen molar-refractivity contribution in [1.82, 2.24) is 39.7 Å². The second-order valence-corrected chi connectivity index (χ2v) is 23.3. The van der Waals surface area contributed by atoms with E-state index in [1.807, 2.05) is 47.7 Å². The first kappa shape index (κ1) is 44.7. The second kappa shape index (κ2) is 20.4. The van der Waals surface area contributed by atoms with Gasteiger partial charge in [-0.2, -0.15) is 5.10 Å². The summed E-state index contributed by atoms with van der Waals surface area (Å²) >= 11 is 0. The van der Waals surface area contributed by atoms with Crippen LogP contribution in [0.1, 0.15) is 29.2 Å². The van der Waals surface area contributed by atoms with E-state index in [0.717, 1.165) is 139 Å². The van der Waals surface area contributed by atoms with Gasteiger partial charge in [0.1, 0.15) is 24.1 Å². The molecule has 0 radical (unpaired) electrons. The summed E-state index contributed by atoms with van der Waals surface area (Å²) in [5.41, 5.74) is 10.4. The summed E-state index contributed by atoms with van der Waals surface area (Å²) in [5.74, 6) is 3.95. The second-order valence-electron chi connectivity index (χ2n) is 17.7. The fraction of sp³-hybridized carbons (Fsp3) is 0.360. The van der Waals surface area contributed by atoms with Gasteiger partial charge in [-0.15, -0.1) is 0 Å². The van der Waals surface area contributed by atoms with Crippen LogP contribution < -0.4 is 14.5 Å². The van der Waals surface area contributed by atoms with Crippen LogP contribution >= 0.6 is 0 Å². The van der Waals surface area contributed by atoms with Crippen molar-refractivity contribution in [3.8, 4) is 39.8 Å². The summed E-state index contributed by atoms with van der Waals surface area (Å²) in [6.45, 7) is 17.4. The number of fused-ring (bicyclic) bond motifs is 2. The Morgan fingerprint density at radius 1 is 0.667 bits per heavy atom. The molecule has 66 heavy (non-hydrogen) atoms. The molecule has 15 nitrogen and oxygen atoms in total. The predicted octanol–water partition coefficient (Wildman–Crippen LogP) is 8.00. The number of aliphatic imine (C=N–C) groups is 1. The van der Waals surface area contributed by atoms with Crippen molar-refractivity contribution in [1.29, 1.82) is 0 Å². The molecule has 16 heteroatoms. The Balaban J connectivity index is 0.000000171. The maximum Gasteiger partial charge on any atom is 0.159 e. The highest BCUT2D eigenvalue weighted by atomic mass is 28.3. The molecule has 0 bridgehead atoms. The normalized spacial score (nSPS) is 15.0. The third-order valence-corrected chi connectivity index (χ3v) is 13.6. The van der Waals surface area contributed by atoms with Gasteiger partial charge in [0.15, 0.2) is 17.4 Å². The molecule has 0 aliphatic carbocycles. The Bertz CT molecular complexity index is 2780. The molecule has 0 atom stereocenters. The number of methoxy groups -OCH3 is 1. The molecule has 2 fully saturated rings. The summed E-state index contributed by atoms with van der Waals surface area (Å²) in [5, 5.41) is 6.08. The van der Waals surface area contributed by atoms with Crippen molar-refractivity contribution in [2.24, 2.45) is 4.99 Å². The van der Waals surface area contributed by atoms with Crippen molar-refractivity contribution < 1.29 is 18.9 Å². The Kier molecular flexibility index (Phi) is 13.8. The average Bonchev–Trinajstić information content (AvgIpc) is 3.97. The molecular formula is C50H57N11O4Si. The number of aryl methyl sites for hydroxylation is 1. The molecule has 8 heterocycles. The van der Waals surface area contributed by atoms with Crippen LogP contribution in [0.15, 0.2) is 103 Å². The number of hydrogen-bond donors (Lipinski definition) is 0. The van der Waals surface area contributed by atoms with E-state index in [9.17, 15) is 0 Å². The van der Waals surface area contributed by atoms with Crippen LogP contribution in [-0.2, 0) is 33.9 Å². The number of nitrogens with zero attached hydrogens (tertiary/aromatic N) is 11. The molecule has 5 aromatic heterocycles. The molecule has 0 unspecified atom stereocenters. The van der Waals surface area contributed by atoms with Crippen LogP contribution in [-0.4, -0.2) is 120 Å². The molecule has 2 aromatic carbocycles. The zero-order valence-electron chi connectivity index (χ0n) is 38.5. The van der Waals surface area contributed by atoms with Gasteiger partial charge in [-0.1, -0.05) is 38.7 Å². The minimum Gasteiger partial charge on any atom is -0.494 e. The number of hydrogen-bond acceptors (Lipinski definition) is 14. The first-order valence-corrected chi connectivity index (χ1v) is 26.5. The number of pyridine rings is 2. The maximum absolute atomic E-state index is 6.09. The van der Waals surface area contributed by atoms with Gasteiger partial charge in [0.05, 0.1) is 63.7 Å². The number of rotatable bonds is 13. The van der Waals surface area contributed by atoms with Gasteiger partial charge in [0, 0.05) is 98.9 Å². The van der Waals surface area contributed by atoms with Crippen LogP contribution in [0.25, 0.3) is 44.9 Å². The smallest absolute Gasteiger partial charge is 0.159 e. The lowest BCUT2D eigenvalue weighted by Gasteiger charge is -2.28. The lowest BCUT2D eigenvalue weighted by molar-refractivity contribution is 0.0818. The number of aromatic nitrogens is 8. The Morgan fingerprint density at radius 2 is 1.27 bits per heavy atom. The van der Waals surface area contributed by atoms with Crippen molar-refractivity contribution in [2.45, 2.75) is 52.3 Å². The highest BCUT2D eigenvalue weighted by Crippen LogP contribution is 2.33. The molecular weight excluding hydrogens is 847 g/mol. The third-order valence-electron chi connectivity index (χ3n) is 11.9. The van der Waals surface area contributed by atoms with Crippen molar-refractivity contribution in [2.75, 3.05) is 76.1 Å². The van der Waals surface area contributed by atoms with E-state index in [-0.39, 0.29) is 0 Å². The minimum absolute atomic E-state index is 0.420. The van der Waals surface area contributed by atoms with Crippen LogP contribution in [0.2, 0.25) is 25.7 Å². The largest absolute Gasteiger partial charge is 0.494 e. The van der Waals surface area contributed by atoms with Crippen LogP contribution in [0.3, 0.4) is 0 Å². The fourth-order valence-corrected chi connectivity index (χ4v) is 8.81. The van der Waals surface area contributed by atoms with E-state index < -0.39 is 8.07 Å². The minimum atomic E-state index is -1.16. The van der Waals surface area contributed by atoms with E-state index in [2.05, 4.69) is 109 Å². The molecule has 3 aliphatic rings. The van der Waals surface area contributed by atoms with E-state index in [1.54, 1.807) is 19.5 Å². The van der Waals surface area contributed by atoms with Gasteiger partial charge in [-0.25, -0.2) is 34.6 Å². The summed E-state index contributed by atoms with van der Waals surface area (Å²) in [6, 6.07) is 22.0. The monoisotopic (exact) mass is 903 g/mol. The first-order valence-electron chi connectivity index (χ1n) is 22.7. The molecule has 3 aliphatic heterocycles. The maximum atomic E-state index is 6.09. The topological polar surface area (TPSA) is 151 Å². The molecule has 10 rings (SSSR count). The molecule has 340 valence electrons. The van der Waals surface area contributed by atoms with Crippen molar-refractivity contribution in [3.05, 3.63) is 120 Å². The van der Waals surface area contributed by atoms with Gasteiger partial charge in [0.25, 0.3) is 0 Å². The summed E-state index contributed by atoms with van der Waals surface area (Å²) in [6.07, 6.45) is 11.8. The molecule has 0 amide bonds. The lowest BCUT2D eigenvalue weighted by Crippen LogP contribution is -2.36. The zero-order valence-corrected chi connectivity index (χ0v) is 39.5. The highest BCUT2D eigenvalue weighted by Gasteiger charge is 2.22. The third kappa shape index (κ3) is 10.5. The Hall–Kier alpha value is -6.46. The summed E-state index contributed by atoms with van der Waals surface area (Å²) < 4.78 is 24.2. The number of anilines is 2. The number of benzene rings is 2. The average molecular weight is 904 g/mol. The van der Waals surface area contributed by atoms with Gasteiger partial charge >= 0.3 is 0 Å². The van der Waals surface area contributed by atoms with E-state index in [0.29, 0.717) is 30.7 Å². The van der Waals surface area contributed by atoms with Crippen LogP contribution in [0.4, 0.5) is 11.6 Å². The molecule has 7 aromatic rings. The quantitative estimate of drug-likeness (QED) is 0.0813. The van der Waals surface area contributed by atoms with Gasteiger partial charge < -0.3 is 28.7 Å². The SMILES string of the molecule is CCc1cnc(-c2ccc3c(c2)c(-c2ccnc(N4CCOCC4)c2)nn3COCC[Si](C)(C)C)nc1.COc1cnc(-c2ccc3c(c2)C(c2ccnc(N4CCOCC4)c2)=NC3)nc1. The standard InChI is InChI=1S/C28H36N6O2Si.C22H21N5O2/c1-5-21-18-30-28(31-19-21)23-6-7-25-24(16-23)27(32-34(25)20-36-14-15-37(2,3)4)22-8-9-29-26(17-22)33-10-12-35-13-11-33;1-28-18-13-25-22(26-14-18)16-2-3-17-12-24-21(19(17)10-16)15-4-5-23-20(11-15)27-6-8-29-9-7-27/h6-9,16-19H,5,10-15,20H2,1-4H3;2-5,10-11,13-14H,6-9,12H2,1H3. The zero-order chi connectivity index (χ0) is 45.5. The fourth-order valence-electron chi connectivity index (χ4n) is 8.05.